The van der Waals surface area contributed by atoms with Crippen LogP contribution in [0, 0.1) is 11.8 Å². The first-order valence-corrected chi connectivity index (χ1v) is 11.5. The van der Waals surface area contributed by atoms with Crippen molar-refractivity contribution in [3.8, 4) is 5.75 Å². The SMILES string of the molecule is COc1ccc(S(=O)(=O)C(CCCCC2=CC=CCC2C)C(C)C(=O)NO)cc1. The summed E-state index contributed by atoms with van der Waals surface area (Å²) in [5.74, 6) is -0.493. The van der Waals surface area contributed by atoms with E-state index in [1.165, 1.54) is 31.7 Å². The predicted molar refractivity (Wildman–Crippen MR) is 113 cm³/mol. The Morgan fingerprint density at radius 2 is 1.97 bits per heavy atom. The van der Waals surface area contributed by atoms with Crippen molar-refractivity contribution in [3.05, 3.63) is 48.1 Å². The zero-order valence-corrected chi connectivity index (χ0v) is 18.1. The molecular weight excluding hydrogens is 390 g/mol. The lowest BCUT2D eigenvalue weighted by molar-refractivity contribution is -0.132. The summed E-state index contributed by atoms with van der Waals surface area (Å²) in [7, 11) is -2.24. The number of methoxy groups -OCH3 is 1. The number of nitrogens with one attached hydrogen (secondary N) is 1. The summed E-state index contributed by atoms with van der Waals surface area (Å²) in [6.45, 7) is 3.73. The summed E-state index contributed by atoms with van der Waals surface area (Å²) in [6.07, 6.45) is 10.2. The van der Waals surface area contributed by atoms with Crippen LogP contribution in [0.15, 0.2) is 53.0 Å². The van der Waals surface area contributed by atoms with E-state index in [0.717, 1.165) is 19.3 Å². The topological polar surface area (TPSA) is 92.7 Å². The number of allylic oxidation sites excluding steroid dienone is 4. The highest BCUT2D eigenvalue weighted by atomic mass is 32.2. The van der Waals surface area contributed by atoms with E-state index in [0.29, 0.717) is 24.5 Å². The number of hydrogen-bond acceptors (Lipinski definition) is 5. The van der Waals surface area contributed by atoms with Gasteiger partial charge in [-0.2, -0.15) is 0 Å². The molecular formula is C22H31NO5S. The van der Waals surface area contributed by atoms with Gasteiger partial charge in [-0.3, -0.25) is 10.0 Å². The number of carbonyl (C=O) groups is 1. The number of unbranched alkanes of at least 4 members (excludes halogenated alkanes) is 1. The van der Waals surface area contributed by atoms with Gasteiger partial charge in [0.2, 0.25) is 5.91 Å². The number of hydrogen-bond donors (Lipinski definition) is 2. The normalized spacial score (nSPS) is 18.6. The van der Waals surface area contributed by atoms with E-state index < -0.39 is 26.9 Å². The number of sulfone groups is 1. The van der Waals surface area contributed by atoms with Gasteiger partial charge < -0.3 is 4.74 Å². The second-order valence-electron chi connectivity index (χ2n) is 7.58. The van der Waals surface area contributed by atoms with Crippen LogP contribution in [0.25, 0.3) is 0 Å². The highest BCUT2D eigenvalue weighted by molar-refractivity contribution is 7.92. The monoisotopic (exact) mass is 421 g/mol. The highest BCUT2D eigenvalue weighted by Crippen LogP contribution is 2.29. The molecule has 1 aliphatic carbocycles. The summed E-state index contributed by atoms with van der Waals surface area (Å²) >= 11 is 0. The largest absolute Gasteiger partial charge is 0.497 e. The third-order valence-electron chi connectivity index (χ3n) is 5.64. The molecule has 7 heteroatoms. The van der Waals surface area contributed by atoms with Crippen molar-refractivity contribution in [3.63, 3.8) is 0 Å². The number of ether oxygens (including phenoxy) is 1. The lowest BCUT2D eigenvalue weighted by atomic mass is 9.89. The van der Waals surface area contributed by atoms with Crippen molar-refractivity contribution in [1.82, 2.24) is 5.48 Å². The first-order chi connectivity index (χ1) is 13.8. The Balaban J connectivity index is 2.12. The summed E-state index contributed by atoms with van der Waals surface area (Å²) in [5, 5.41) is 8.09. The average Bonchev–Trinajstić information content (AvgIpc) is 2.73. The number of benzene rings is 1. The van der Waals surface area contributed by atoms with Gasteiger partial charge in [-0.05, 0) is 55.9 Å². The van der Waals surface area contributed by atoms with Crippen molar-refractivity contribution in [2.24, 2.45) is 11.8 Å². The molecule has 0 aliphatic heterocycles. The Bertz CT molecular complexity index is 842. The van der Waals surface area contributed by atoms with Gasteiger partial charge in [0.05, 0.1) is 23.2 Å². The molecule has 3 unspecified atom stereocenters. The third kappa shape index (κ3) is 5.93. The zero-order chi connectivity index (χ0) is 21.4. The van der Waals surface area contributed by atoms with Crippen LogP contribution in [0.5, 0.6) is 5.75 Å². The number of hydroxylamine groups is 1. The molecule has 2 rings (SSSR count). The molecule has 0 saturated heterocycles. The van der Waals surface area contributed by atoms with Gasteiger partial charge in [-0.25, -0.2) is 13.9 Å². The van der Waals surface area contributed by atoms with Crippen molar-refractivity contribution in [1.29, 1.82) is 0 Å². The van der Waals surface area contributed by atoms with E-state index in [-0.39, 0.29) is 4.90 Å². The Hall–Kier alpha value is -2.12. The van der Waals surface area contributed by atoms with E-state index >= 15 is 0 Å². The minimum Gasteiger partial charge on any atom is -0.497 e. The van der Waals surface area contributed by atoms with Crippen LogP contribution in [-0.2, 0) is 14.6 Å². The van der Waals surface area contributed by atoms with E-state index in [1.807, 2.05) is 0 Å². The van der Waals surface area contributed by atoms with Crippen molar-refractivity contribution in [2.45, 2.75) is 56.1 Å². The lowest BCUT2D eigenvalue weighted by Crippen LogP contribution is -2.38. The summed E-state index contributed by atoms with van der Waals surface area (Å²) in [5.41, 5.74) is 2.97. The van der Waals surface area contributed by atoms with Crippen molar-refractivity contribution >= 4 is 15.7 Å². The fourth-order valence-electron chi connectivity index (χ4n) is 3.68. The molecule has 6 nitrogen and oxygen atoms in total. The Morgan fingerprint density at radius 1 is 1.28 bits per heavy atom. The smallest absolute Gasteiger partial charge is 0.247 e. The minimum atomic E-state index is -3.75. The number of amides is 1. The molecule has 1 aliphatic rings. The fraction of sp³-hybridized carbons (Fsp3) is 0.500. The van der Waals surface area contributed by atoms with Gasteiger partial charge in [0, 0.05) is 0 Å². The fourth-order valence-corrected chi connectivity index (χ4v) is 5.68. The standard InChI is InChI=1S/C22H31NO5S/c1-16-8-4-5-9-18(16)10-6-7-11-21(17(2)22(24)23-25)29(26,27)20-14-12-19(28-3)13-15-20/h4-5,9,12-17,21,25H,6-8,10-11H2,1-3H3,(H,23,24). The van der Waals surface area contributed by atoms with E-state index in [4.69, 9.17) is 9.94 Å². The second kappa shape index (κ2) is 10.6. The molecule has 2 N–H and O–H groups in total. The van der Waals surface area contributed by atoms with E-state index in [2.05, 4.69) is 25.2 Å². The van der Waals surface area contributed by atoms with Gasteiger partial charge in [0.15, 0.2) is 9.84 Å². The quantitative estimate of drug-likeness (QED) is 0.338. The molecule has 1 aromatic carbocycles. The molecule has 1 aromatic rings. The maximum Gasteiger partial charge on any atom is 0.247 e. The summed E-state index contributed by atoms with van der Waals surface area (Å²) in [4.78, 5) is 12.1. The van der Waals surface area contributed by atoms with Crippen LogP contribution in [0.3, 0.4) is 0 Å². The molecule has 0 saturated carbocycles. The molecule has 0 heterocycles. The first kappa shape index (κ1) is 23.2. The average molecular weight is 422 g/mol. The minimum absolute atomic E-state index is 0.148. The van der Waals surface area contributed by atoms with Gasteiger partial charge >= 0.3 is 0 Å². The second-order valence-corrected chi connectivity index (χ2v) is 9.74. The van der Waals surface area contributed by atoms with Crippen LogP contribution < -0.4 is 10.2 Å². The van der Waals surface area contributed by atoms with E-state index in [1.54, 1.807) is 17.6 Å². The van der Waals surface area contributed by atoms with Gasteiger partial charge in [-0.1, -0.05) is 44.1 Å². The Kier molecular flexibility index (Phi) is 8.46. The molecule has 0 bridgehead atoms. The molecule has 0 spiro atoms. The van der Waals surface area contributed by atoms with Crippen LogP contribution in [0.2, 0.25) is 0 Å². The maximum absolute atomic E-state index is 13.2. The van der Waals surface area contributed by atoms with Gasteiger partial charge in [0.25, 0.3) is 0 Å². The summed E-state index contributed by atoms with van der Waals surface area (Å²) < 4.78 is 31.5. The molecule has 0 radical (unpaired) electrons. The molecule has 0 aromatic heterocycles. The molecule has 160 valence electrons. The van der Waals surface area contributed by atoms with Crippen LogP contribution in [0.4, 0.5) is 0 Å². The van der Waals surface area contributed by atoms with Crippen LogP contribution in [0.1, 0.15) is 46.0 Å². The molecule has 3 atom stereocenters. The van der Waals surface area contributed by atoms with Gasteiger partial charge in [-0.15, -0.1) is 0 Å². The van der Waals surface area contributed by atoms with Crippen molar-refractivity contribution in [2.75, 3.05) is 7.11 Å². The third-order valence-corrected chi connectivity index (χ3v) is 8.01. The molecule has 29 heavy (non-hydrogen) atoms. The van der Waals surface area contributed by atoms with Crippen molar-refractivity contribution < 1.29 is 23.2 Å². The van der Waals surface area contributed by atoms with Crippen LogP contribution >= 0.6 is 0 Å². The molecule has 0 fully saturated rings. The number of carbonyl (C=O) groups excluding carboxylic acids is 1. The predicted octanol–water partition coefficient (Wildman–Crippen LogP) is 4.06. The maximum atomic E-state index is 13.2. The lowest BCUT2D eigenvalue weighted by Gasteiger charge is -2.23. The van der Waals surface area contributed by atoms with E-state index in [9.17, 15) is 13.2 Å². The first-order valence-electron chi connectivity index (χ1n) is 9.98. The van der Waals surface area contributed by atoms with Crippen LogP contribution in [-0.4, -0.2) is 31.9 Å². The summed E-state index contributed by atoms with van der Waals surface area (Å²) in [6, 6.07) is 6.16. The molecule has 1 amide bonds. The Morgan fingerprint density at radius 3 is 2.55 bits per heavy atom. The zero-order valence-electron chi connectivity index (χ0n) is 17.3. The van der Waals surface area contributed by atoms with Gasteiger partial charge in [0.1, 0.15) is 5.75 Å². The number of rotatable bonds is 10. The highest BCUT2D eigenvalue weighted by Gasteiger charge is 2.35. The Labute approximate surface area is 173 Å².